The molecule has 4 N–H and O–H groups in total. The fourth-order valence-corrected chi connectivity index (χ4v) is 1.84. The molecule has 1 unspecified atom stereocenters. The number of aromatic nitrogens is 2. The molecule has 1 aromatic rings. The monoisotopic (exact) mass is 191 g/mol. The summed E-state index contributed by atoms with van der Waals surface area (Å²) in [5.74, 6) is 0.306. The van der Waals surface area contributed by atoms with E-state index in [2.05, 4.69) is 21.6 Å². The van der Waals surface area contributed by atoms with Crippen molar-refractivity contribution < 1.29 is 0 Å². The first-order chi connectivity index (χ1) is 6.81. The molecule has 1 saturated heterocycles. The summed E-state index contributed by atoms with van der Waals surface area (Å²) in [5.41, 5.74) is 6.89. The second kappa shape index (κ2) is 3.68. The summed E-state index contributed by atoms with van der Waals surface area (Å²) in [7, 11) is 0. The third kappa shape index (κ3) is 1.56. The fourth-order valence-electron chi connectivity index (χ4n) is 1.84. The third-order valence-corrected chi connectivity index (χ3v) is 2.59. The number of hydrogen-bond donors (Lipinski definition) is 3. The van der Waals surface area contributed by atoms with E-state index in [9.17, 15) is 0 Å². The van der Waals surface area contributed by atoms with Crippen LogP contribution in [0.4, 0.5) is 5.82 Å². The Morgan fingerprint density at radius 2 is 2.50 bits per heavy atom. The Morgan fingerprint density at radius 3 is 3.14 bits per heavy atom. The smallest absolute Gasteiger partial charge is 0.163 e. The van der Waals surface area contributed by atoms with Gasteiger partial charge < -0.3 is 11.1 Å². The highest BCUT2D eigenvalue weighted by Gasteiger charge is 2.18. The number of nitrogen functional groups attached to an aromatic ring is 1. The predicted molar refractivity (Wildman–Crippen MR) is 52.4 cm³/mol. The summed E-state index contributed by atoms with van der Waals surface area (Å²) in [5, 5.41) is 18.9. The van der Waals surface area contributed by atoms with E-state index < -0.39 is 0 Å². The van der Waals surface area contributed by atoms with Crippen LogP contribution in [-0.2, 0) is 6.42 Å². The van der Waals surface area contributed by atoms with Gasteiger partial charge in [0.2, 0.25) is 0 Å². The minimum Gasteiger partial charge on any atom is -0.381 e. The molecule has 0 bridgehead atoms. The van der Waals surface area contributed by atoms with Gasteiger partial charge in [-0.1, -0.05) is 0 Å². The molecular formula is C9H13N5. The summed E-state index contributed by atoms with van der Waals surface area (Å²) in [6.07, 6.45) is 3.17. The Bertz CT molecular complexity index is 356. The van der Waals surface area contributed by atoms with E-state index in [-0.39, 0.29) is 0 Å². The average Bonchev–Trinajstić information content (AvgIpc) is 2.77. The van der Waals surface area contributed by atoms with Crippen molar-refractivity contribution in [1.29, 1.82) is 5.26 Å². The number of nitrogens with zero attached hydrogens (tertiary/aromatic N) is 2. The lowest BCUT2D eigenvalue weighted by atomic mass is 10.1. The SMILES string of the molecule is N#Cc1c(N)n[nH]c1CC1CCCN1. The first kappa shape index (κ1) is 9.03. The van der Waals surface area contributed by atoms with Crippen LogP contribution in [-0.4, -0.2) is 22.8 Å². The molecule has 2 rings (SSSR count). The zero-order valence-electron chi connectivity index (χ0n) is 7.88. The van der Waals surface area contributed by atoms with E-state index in [0.29, 0.717) is 17.4 Å². The largest absolute Gasteiger partial charge is 0.381 e. The molecule has 5 nitrogen and oxygen atoms in total. The van der Waals surface area contributed by atoms with Crippen LogP contribution in [0.15, 0.2) is 0 Å². The van der Waals surface area contributed by atoms with E-state index in [1.807, 2.05) is 0 Å². The van der Waals surface area contributed by atoms with E-state index >= 15 is 0 Å². The molecule has 1 aliphatic heterocycles. The summed E-state index contributed by atoms with van der Waals surface area (Å²) in [6.45, 7) is 1.07. The summed E-state index contributed by atoms with van der Waals surface area (Å²) < 4.78 is 0. The lowest BCUT2D eigenvalue weighted by molar-refractivity contribution is 0.593. The van der Waals surface area contributed by atoms with Gasteiger partial charge in [0.25, 0.3) is 0 Å². The summed E-state index contributed by atoms with van der Waals surface area (Å²) >= 11 is 0. The van der Waals surface area contributed by atoms with Crippen molar-refractivity contribution in [2.24, 2.45) is 0 Å². The molecule has 1 atom stereocenters. The van der Waals surface area contributed by atoms with Crippen LogP contribution < -0.4 is 11.1 Å². The third-order valence-electron chi connectivity index (χ3n) is 2.59. The van der Waals surface area contributed by atoms with Crippen molar-refractivity contribution in [3.8, 4) is 6.07 Å². The number of nitrogens with two attached hydrogens (primary N) is 1. The molecule has 0 saturated carbocycles. The second-order valence-electron chi connectivity index (χ2n) is 3.57. The van der Waals surface area contributed by atoms with Crippen LogP contribution in [0.1, 0.15) is 24.1 Å². The van der Waals surface area contributed by atoms with Crippen molar-refractivity contribution in [2.75, 3.05) is 12.3 Å². The van der Waals surface area contributed by atoms with Gasteiger partial charge in [0.15, 0.2) is 5.82 Å². The van der Waals surface area contributed by atoms with E-state index in [0.717, 1.165) is 25.1 Å². The first-order valence-corrected chi connectivity index (χ1v) is 4.77. The fraction of sp³-hybridized carbons (Fsp3) is 0.556. The maximum absolute atomic E-state index is 8.85. The molecule has 14 heavy (non-hydrogen) atoms. The lowest BCUT2D eigenvalue weighted by Crippen LogP contribution is -2.24. The quantitative estimate of drug-likeness (QED) is 0.621. The molecule has 74 valence electrons. The topological polar surface area (TPSA) is 90.5 Å². The van der Waals surface area contributed by atoms with Crippen molar-refractivity contribution in [3.05, 3.63) is 11.3 Å². The second-order valence-corrected chi connectivity index (χ2v) is 3.57. The maximum atomic E-state index is 8.85. The van der Waals surface area contributed by atoms with Gasteiger partial charge >= 0.3 is 0 Å². The number of H-pyrrole nitrogens is 1. The van der Waals surface area contributed by atoms with Crippen LogP contribution in [0.5, 0.6) is 0 Å². The van der Waals surface area contributed by atoms with Crippen LogP contribution in [0.3, 0.4) is 0 Å². The predicted octanol–water partition coefficient (Wildman–Crippen LogP) is 0.158. The molecule has 1 aromatic heterocycles. The molecule has 0 amide bonds. The standard InChI is InChI=1S/C9H13N5/c10-5-7-8(13-14-9(7)11)4-6-2-1-3-12-6/h6,12H,1-4H2,(H3,11,13,14). The van der Waals surface area contributed by atoms with Gasteiger partial charge in [-0.15, -0.1) is 0 Å². The Kier molecular flexibility index (Phi) is 2.37. The normalized spacial score (nSPS) is 20.9. The van der Waals surface area contributed by atoms with Crippen LogP contribution >= 0.6 is 0 Å². The zero-order valence-corrected chi connectivity index (χ0v) is 7.88. The number of nitrogens with one attached hydrogen (secondary N) is 2. The van der Waals surface area contributed by atoms with Crippen molar-refractivity contribution in [3.63, 3.8) is 0 Å². The molecule has 0 radical (unpaired) electrons. The lowest BCUT2D eigenvalue weighted by Gasteiger charge is -2.07. The number of anilines is 1. The summed E-state index contributed by atoms with van der Waals surface area (Å²) in [4.78, 5) is 0. The molecule has 0 aliphatic carbocycles. The molecule has 0 aromatic carbocycles. The molecule has 1 aliphatic rings. The van der Waals surface area contributed by atoms with Crippen LogP contribution in [0.2, 0.25) is 0 Å². The van der Waals surface area contributed by atoms with Gasteiger partial charge in [-0.3, -0.25) is 5.10 Å². The van der Waals surface area contributed by atoms with Crippen LogP contribution in [0, 0.1) is 11.3 Å². The van der Waals surface area contributed by atoms with Gasteiger partial charge in [0.05, 0.1) is 5.69 Å². The Labute approximate surface area is 82.3 Å². The van der Waals surface area contributed by atoms with Gasteiger partial charge in [-0.2, -0.15) is 10.4 Å². The molecule has 0 spiro atoms. The molecule has 1 fully saturated rings. The number of nitriles is 1. The highest BCUT2D eigenvalue weighted by atomic mass is 15.2. The van der Waals surface area contributed by atoms with Gasteiger partial charge in [0.1, 0.15) is 11.6 Å². The van der Waals surface area contributed by atoms with Gasteiger partial charge in [-0.05, 0) is 19.4 Å². The van der Waals surface area contributed by atoms with Crippen LogP contribution in [0.25, 0.3) is 0 Å². The number of aromatic amines is 1. The number of hydrogen-bond acceptors (Lipinski definition) is 4. The molecule has 2 heterocycles. The van der Waals surface area contributed by atoms with E-state index in [1.165, 1.54) is 6.42 Å². The van der Waals surface area contributed by atoms with E-state index in [4.69, 9.17) is 11.0 Å². The number of rotatable bonds is 2. The van der Waals surface area contributed by atoms with Gasteiger partial charge in [0, 0.05) is 12.5 Å². The highest BCUT2D eigenvalue weighted by Crippen LogP contribution is 2.16. The Balaban J connectivity index is 2.12. The minimum absolute atomic E-state index is 0.306. The summed E-state index contributed by atoms with van der Waals surface area (Å²) in [6, 6.07) is 2.53. The van der Waals surface area contributed by atoms with Crippen molar-refractivity contribution >= 4 is 5.82 Å². The van der Waals surface area contributed by atoms with E-state index in [1.54, 1.807) is 0 Å². The maximum Gasteiger partial charge on any atom is 0.163 e. The highest BCUT2D eigenvalue weighted by molar-refractivity contribution is 5.51. The van der Waals surface area contributed by atoms with Gasteiger partial charge in [-0.25, -0.2) is 0 Å². The zero-order chi connectivity index (χ0) is 9.97. The molecule has 5 heteroatoms. The first-order valence-electron chi connectivity index (χ1n) is 4.77. The Morgan fingerprint density at radius 1 is 1.64 bits per heavy atom. The Hall–Kier alpha value is -1.54. The average molecular weight is 191 g/mol. The minimum atomic E-state index is 0.306. The van der Waals surface area contributed by atoms with Crippen molar-refractivity contribution in [2.45, 2.75) is 25.3 Å². The van der Waals surface area contributed by atoms with Crippen molar-refractivity contribution in [1.82, 2.24) is 15.5 Å². The molecular weight excluding hydrogens is 178 g/mol.